The van der Waals surface area contributed by atoms with Crippen molar-refractivity contribution in [2.45, 2.75) is 0 Å². The molecule has 0 aliphatic carbocycles. The number of carbonyl (C=O) groups excluding carboxylic acids is 2. The molecule has 2 aromatic heterocycles. The molecule has 0 spiro atoms. The summed E-state index contributed by atoms with van der Waals surface area (Å²) in [7, 11) is 1.56. The number of halogens is 1. The van der Waals surface area contributed by atoms with Gasteiger partial charge >= 0.3 is 0 Å². The maximum absolute atomic E-state index is 13.1. The number of rotatable bonds is 5. The number of pyridine rings is 1. The number of ketones is 1. The molecular weight excluding hydrogens is 388 g/mol. The van der Waals surface area contributed by atoms with E-state index in [4.69, 9.17) is 16.3 Å². The molecule has 4 aromatic rings. The van der Waals surface area contributed by atoms with Gasteiger partial charge in [-0.05, 0) is 60.2 Å². The summed E-state index contributed by atoms with van der Waals surface area (Å²) in [6.45, 7) is 0. The third kappa shape index (κ3) is 3.73. The van der Waals surface area contributed by atoms with Gasteiger partial charge in [-0.25, -0.2) is 0 Å². The van der Waals surface area contributed by atoms with Crippen LogP contribution in [0, 0.1) is 0 Å². The Morgan fingerprint density at radius 3 is 2.48 bits per heavy atom. The third-order valence-corrected chi connectivity index (χ3v) is 4.82. The molecule has 0 aliphatic rings. The zero-order valence-corrected chi connectivity index (χ0v) is 16.3. The summed E-state index contributed by atoms with van der Waals surface area (Å²) < 4.78 is 6.82. The minimum atomic E-state index is -0.720. The Labute approximate surface area is 172 Å². The fraction of sp³-hybridized carbons (Fsp3) is 0.0435. The summed E-state index contributed by atoms with van der Waals surface area (Å²) in [6.07, 6.45) is 1.76. The van der Waals surface area contributed by atoms with Gasteiger partial charge in [0.2, 0.25) is 0 Å². The van der Waals surface area contributed by atoms with Crippen molar-refractivity contribution < 1.29 is 14.3 Å². The van der Waals surface area contributed by atoms with E-state index < -0.39 is 11.7 Å². The molecule has 1 amide bonds. The molecule has 0 bridgehead atoms. The molecule has 0 radical (unpaired) electrons. The van der Waals surface area contributed by atoms with Gasteiger partial charge in [0.05, 0.1) is 7.11 Å². The number of benzene rings is 2. The molecule has 144 valence electrons. The Balaban J connectivity index is 1.74. The number of hydrogen-bond donors (Lipinski definition) is 1. The second-order valence-corrected chi connectivity index (χ2v) is 6.86. The number of anilines is 1. The molecule has 0 aliphatic heterocycles. The van der Waals surface area contributed by atoms with Crippen LogP contribution in [0.15, 0.2) is 79.0 Å². The van der Waals surface area contributed by atoms with E-state index in [0.29, 0.717) is 22.0 Å². The SMILES string of the molecule is COc1ccc(NC(=O)C(=O)c2c(-c3cccc(Cl)c3)cc3ccccn23)cc1. The van der Waals surface area contributed by atoms with Crippen LogP contribution >= 0.6 is 11.6 Å². The minimum Gasteiger partial charge on any atom is -0.497 e. The highest BCUT2D eigenvalue weighted by Gasteiger charge is 2.25. The highest BCUT2D eigenvalue weighted by atomic mass is 35.5. The summed E-state index contributed by atoms with van der Waals surface area (Å²) in [5, 5.41) is 3.21. The lowest BCUT2D eigenvalue weighted by atomic mass is 10.0. The van der Waals surface area contributed by atoms with Crippen LogP contribution in [-0.4, -0.2) is 23.2 Å². The van der Waals surface area contributed by atoms with Crippen LogP contribution in [-0.2, 0) is 4.79 Å². The number of Topliss-reactive ketones (excluding diaryl/α,β-unsaturated/α-hetero) is 1. The number of nitrogens with one attached hydrogen (secondary N) is 1. The van der Waals surface area contributed by atoms with Crippen LogP contribution in [0.25, 0.3) is 16.6 Å². The average Bonchev–Trinajstić information content (AvgIpc) is 3.13. The standard InChI is InChI=1S/C23H17ClN2O3/c1-29-19-10-8-17(9-11-19)25-23(28)22(27)21-20(15-5-4-6-16(24)13-15)14-18-7-2-3-12-26(18)21/h2-14H,1H3,(H,25,28). The maximum Gasteiger partial charge on any atom is 0.298 e. The lowest BCUT2D eigenvalue weighted by Crippen LogP contribution is -2.24. The Bertz CT molecular complexity index is 1210. The highest BCUT2D eigenvalue weighted by molar-refractivity contribution is 6.47. The molecule has 29 heavy (non-hydrogen) atoms. The molecule has 2 aromatic carbocycles. The van der Waals surface area contributed by atoms with Gasteiger partial charge in [0.15, 0.2) is 0 Å². The second-order valence-electron chi connectivity index (χ2n) is 6.42. The number of aromatic nitrogens is 1. The van der Waals surface area contributed by atoms with Gasteiger partial charge in [-0.1, -0.05) is 29.8 Å². The van der Waals surface area contributed by atoms with E-state index in [1.54, 1.807) is 54.1 Å². The first-order chi connectivity index (χ1) is 14.1. The maximum atomic E-state index is 13.1. The van der Waals surface area contributed by atoms with Crippen molar-refractivity contribution >= 4 is 34.5 Å². The molecule has 1 N–H and O–H groups in total. The number of nitrogens with zero attached hydrogens (tertiary/aromatic N) is 1. The molecule has 0 unspecified atom stereocenters. The van der Waals surface area contributed by atoms with Crippen molar-refractivity contribution in [1.29, 1.82) is 0 Å². The molecule has 4 rings (SSSR count). The number of ether oxygens (including phenoxy) is 1. The minimum absolute atomic E-state index is 0.286. The molecule has 0 atom stereocenters. The molecule has 2 heterocycles. The van der Waals surface area contributed by atoms with Crippen molar-refractivity contribution in [3.8, 4) is 16.9 Å². The van der Waals surface area contributed by atoms with Crippen LogP contribution in [0.1, 0.15) is 10.5 Å². The smallest absolute Gasteiger partial charge is 0.298 e. The third-order valence-electron chi connectivity index (χ3n) is 4.58. The first-order valence-corrected chi connectivity index (χ1v) is 9.30. The Morgan fingerprint density at radius 1 is 0.966 bits per heavy atom. The Kier molecular flexibility index (Phi) is 5.06. The molecule has 6 heteroatoms. The number of carbonyl (C=O) groups is 2. The van der Waals surface area contributed by atoms with Crippen LogP contribution < -0.4 is 10.1 Å². The van der Waals surface area contributed by atoms with E-state index in [9.17, 15) is 9.59 Å². The van der Waals surface area contributed by atoms with Gasteiger partial charge < -0.3 is 14.5 Å². The largest absolute Gasteiger partial charge is 0.497 e. The van der Waals surface area contributed by atoms with Crippen LogP contribution in [0.2, 0.25) is 5.02 Å². The Hall–Kier alpha value is -3.57. The van der Waals surface area contributed by atoms with Crippen molar-refractivity contribution in [2.75, 3.05) is 12.4 Å². The van der Waals surface area contributed by atoms with E-state index in [1.165, 1.54) is 0 Å². The number of methoxy groups -OCH3 is 1. The van der Waals surface area contributed by atoms with Crippen LogP contribution in [0.3, 0.4) is 0 Å². The number of hydrogen-bond acceptors (Lipinski definition) is 3. The fourth-order valence-corrected chi connectivity index (χ4v) is 3.39. The van der Waals surface area contributed by atoms with E-state index in [1.807, 2.05) is 36.4 Å². The van der Waals surface area contributed by atoms with Crippen LogP contribution in [0.4, 0.5) is 5.69 Å². The van der Waals surface area contributed by atoms with Crippen molar-refractivity contribution in [2.24, 2.45) is 0 Å². The predicted molar refractivity (Wildman–Crippen MR) is 114 cm³/mol. The fourth-order valence-electron chi connectivity index (χ4n) is 3.20. The van der Waals surface area contributed by atoms with Crippen LogP contribution in [0.5, 0.6) is 5.75 Å². The molecule has 0 saturated carbocycles. The molecular formula is C23H17ClN2O3. The summed E-state index contributed by atoms with van der Waals surface area (Å²) in [5.74, 6) is -0.695. The van der Waals surface area contributed by atoms with E-state index >= 15 is 0 Å². The van der Waals surface area contributed by atoms with E-state index in [0.717, 1.165) is 11.1 Å². The van der Waals surface area contributed by atoms with Gasteiger partial charge in [-0.3, -0.25) is 9.59 Å². The highest BCUT2D eigenvalue weighted by Crippen LogP contribution is 2.30. The van der Waals surface area contributed by atoms with Gasteiger partial charge in [-0.2, -0.15) is 0 Å². The molecule has 0 saturated heterocycles. The van der Waals surface area contributed by atoms with Crippen molar-refractivity contribution in [1.82, 2.24) is 4.40 Å². The van der Waals surface area contributed by atoms with Gasteiger partial charge in [0, 0.05) is 28.0 Å². The first-order valence-electron chi connectivity index (χ1n) is 8.92. The normalized spacial score (nSPS) is 10.7. The summed E-state index contributed by atoms with van der Waals surface area (Å²) in [4.78, 5) is 25.9. The summed E-state index contributed by atoms with van der Waals surface area (Å²) >= 11 is 6.14. The second kappa shape index (κ2) is 7.81. The van der Waals surface area contributed by atoms with Crippen molar-refractivity contribution in [3.05, 3.63) is 89.7 Å². The van der Waals surface area contributed by atoms with Gasteiger partial charge in [0.1, 0.15) is 11.4 Å². The number of amides is 1. The first kappa shape index (κ1) is 18.8. The Morgan fingerprint density at radius 2 is 1.76 bits per heavy atom. The lowest BCUT2D eigenvalue weighted by molar-refractivity contribution is -0.112. The lowest BCUT2D eigenvalue weighted by Gasteiger charge is -2.08. The zero-order valence-electron chi connectivity index (χ0n) is 15.6. The number of fused-ring (bicyclic) bond motifs is 1. The summed E-state index contributed by atoms with van der Waals surface area (Å²) in [5.41, 5.74) is 3.02. The van der Waals surface area contributed by atoms with E-state index in [2.05, 4.69) is 5.32 Å². The quantitative estimate of drug-likeness (QED) is 0.372. The molecule has 0 fully saturated rings. The van der Waals surface area contributed by atoms with Gasteiger partial charge in [0.25, 0.3) is 11.7 Å². The van der Waals surface area contributed by atoms with Crippen molar-refractivity contribution in [3.63, 3.8) is 0 Å². The monoisotopic (exact) mass is 404 g/mol. The van der Waals surface area contributed by atoms with E-state index in [-0.39, 0.29) is 5.69 Å². The molecule has 5 nitrogen and oxygen atoms in total. The zero-order chi connectivity index (χ0) is 20.4. The van der Waals surface area contributed by atoms with Gasteiger partial charge in [-0.15, -0.1) is 0 Å². The predicted octanol–water partition coefficient (Wildman–Crippen LogP) is 5.09. The topological polar surface area (TPSA) is 59.8 Å². The summed E-state index contributed by atoms with van der Waals surface area (Å²) in [6, 6.07) is 21.4. The average molecular weight is 405 g/mol.